The van der Waals surface area contributed by atoms with Crippen LogP contribution in [0.15, 0.2) is 11.6 Å². The van der Waals surface area contributed by atoms with Crippen molar-refractivity contribution in [3.63, 3.8) is 0 Å². The van der Waals surface area contributed by atoms with Gasteiger partial charge >= 0.3 is 5.97 Å². The normalized spacial score (nSPS) is 30.9. The van der Waals surface area contributed by atoms with Gasteiger partial charge in [-0.2, -0.15) is 0 Å². The van der Waals surface area contributed by atoms with E-state index in [1.807, 2.05) is 0 Å². The quantitative estimate of drug-likeness (QED) is 0.359. The first-order valence-corrected chi connectivity index (χ1v) is 6.18. The molecule has 0 aromatic rings. The van der Waals surface area contributed by atoms with E-state index in [0.29, 0.717) is 0 Å². The van der Waals surface area contributed by atoms with Crippen LogP contribution in [0.25, 0.3) is 0 Å². The summed E-state index contributed by atoms with van der Waals surface area (Å²) in [6.45, 7) is 3.47. The van der Waals surface area contributed by atoms with Gasteiger partial charge in [-0.15, -0.1) is 11.8 Å². The molecule has 18 heavy (non-hydrogen) atoms. The SMILES string of the molecule is COC(=O)/C=C1/C(=O)N2[C@@H]1SC(C)(C)[C@@H]2C(=O)[O-]. The Morgan fingerprint density at radius 3 is 2.61 bits per heavy atom. The molecule has 2 atom stereocenters. The van der Waals surface area contributed by atoms with Crippen molar-refractivity contribution in [2.75, 3.05) is 7.11 Å². The highest BCUT2D eigenvalue weighted by molar-refractivity contribution is 8.01. The van der Waals surface area contributed by atoms with Crippen molar-refractivity contribution in [2.45, 2.75) is 30.0 Å². The number of carbonyl (C=O) groups is 3. The number of hydrogen-bond acceptors (Lipinski definition) is 6. The van der Waals surface area contributed by atoms with Crippen molar-refractivity contribution in [3.05, 3.63) is 11.6 Å². The molecule has 2 heterocycles. The molecule has 0 radical (unpaired) electrons. The molecule has 1 amide bonds. The van der Waals surface area contributed by atoms with E-state index in [0.717, 1.165) is 6.08 Å². The van der Waals surface area contributed by atoms with Gasteiger partial charge in [0.2, 0.25) is 0 Å². The van der Waals surface area contributed by atoms with Gasteiger partial charge in [0.25, 0.3) is 5.91 Å². The van der Waals surface area contributed by atoms with Gasteiger partial charge in [0, 0.05) is 10.8 Å². The summed E-state index contributed by atoms with van der Waals surface area (Å²) in [5, 5.41) is 10.7. The fourth-order valence-electron chi connectivity index (χ4n) is 2.22. The lowest BCUT2D eigenvalue weighted by Crippen LogP contribution is -2.61. The van der Waals surface area contributed by atoms with E-state index >= 15 is 0 Å². The van der Waals surface area contributed by atoms with Crippen molar-refractivity contribution in [1.82, 2.24) is 4.90 Å². The summed E-state index contributed by atoms with van der Waals surface area (Å²) in [5.74, 6) is -2.34. The number of ether oxygens (including phenoxy) is 1. The fraction of sp³-hybridized carbons (Fsp3) is 0.545. The maximum Gasteiger partial charge on any atom is 0.331 e. The molecule has 0 unspecified atom stereocenters. The summed E-state index contributed by atoms with van der Waals surface area (Å²) in [4.78, 5) is 35.3. The third-order valence-corrected chi connectivity index (χ3v) is 4.59. The number of fused-ring (bicyclic) bond motifs is 1. The molecule has 0 bridgehead atoms. The van der Waals surface area contributed by atoms with E-state index in [2.05, 4.69) is 4.74 Å². The Labute approximate surface area is 108 Å². The zero-order valence-electron chi connectivity index (χ0n) is 10.1. The molecule has 98 valence electrons. The smallest absolute Gasteiger partial charge is 0.331 e. The van der Waals surface area contributed by atoms with Crippen molar-refractivity contribution in [2.24, 2.45) is 0 Å². The van der Waals surface area contributed by atoms with Crippen LogP contribution in [0.5, 0.6) is 0 Å². The lowest BCUT2D eigenvalue weighted by Gasteiger charge is -2.40. The first-order chi connectivity index (χ1) is 8.29. The fourth-order valence-corrected chi connectivity index (χ4v) is 3.76. The first kappa shape index (κ1) is 12.9. The van der Waals surface area contributed by atoms with Crippen LogP contribution in [-0.2, 0) is 19.1 Å². The maximum absolute atomic E-state index is 11.8. The highest BCUT2D eigenvalue weighted by Gasteiger charge is 2.59. The molecule has 7 heteroatoms. The van der Waals surface area contributed by atoms with Crippen LogP contribution >= 0.6 is 11.8 Å². The van der Waals surface area contributed by atoms with Crippen LogP contribution in [0, 0.1) is 0 Å². The number of thioether (sulfide) groups is 1. The Bertz CT molecular complexity index is 470. The number of β-lactam (4-membered cyclic amide) rings is 1. The second-order valence-corrected chi connectivity index (χ2v) is 6.36. The van der Waals surface area contributed by atoms with Crippen molar-refractivity contribution < 1.29 is 24.2 Å². The standard InChI is InChI=1S/C11H13NO5S/c1-11(2)7(10(15)16)12-8(14)5(9(12)18-11)4-6(13)17-3/h4,7,9H,1-3H3,(H,15,16)/p-1/b5-4-/t7-,9+/m0/s1. The molecular formula is C11H12NO5S-. The number of amides is 1. The Morgan fingerprint density at radius 2 is 2.11 bits per heavy atom. The number of hydrogen-bond donors (Lipinski definition) is 0. The van der Waals surface area contributed by atoms with Gasteiger partial charge in [-0.05, 0) is 13.8 Å². The average molecular weight is 270 g/mol. The third-order valence-electron chi connectivity index (χ3n) is 3.05. The Kier molecular flexibility index (Phi) is 2.89. The summed E-state index contributed by atoms with van der Waals surface area (Å²) in [6.07, 6.45) is 1.12. The molecule has 0 spiro atoms. The second-order valence-electron chi connectivity index (χ2n) is 4.63. The number of methoxy groups -OCH3 is 1. The van der Waals surface area contributed by atoms with E-state index in [1.54, 1.807) is 13.8 Å². The van der Waals surface area contributed by atoms with E-state index in [-0.39, 0.29) is 5.57 Å². The largest absolute Gasteiger partial charge is 0.548 e. The second kappa shape index (κ2) is 4.01. The van der Waals surface area contributed by atoms with Gasteiger partial charge in [-0.1, -0.05) is 0 Å². The lowest BCUT2D eigenvalue weighted by atomic mass is 9.95. The highest BCUT2D eigenvalue weighted by Crippen LogP contribution is 2.52. The zero-order valence-corrected chi connectivity index (χ0v) is 10.9. The minimum Gasteiger partial charge on any atom is -0.548 e. The molecule has 0 aliphatic carbocycles. The molecule has 2 rings (SSSR count). The summed E-state index contributed by atoms with van der Waals surface area (Å²) in [6, 6.07) is -0.977. The summed E-state index contributed by atoms with van der Waals surface area (Å²) < 4.78 is 3.81. The monoisotopic (exact) mass is 270 g/mol. The van der Waals surface area contributed by atoms with Crippen molar-refractivity contribution in [1.29, 1.82) is 0 Å². The van der Waals surface area contributed by atoms with Gasteiger partial charge in [0.05, 0.1) is 24.7 Å². The minimum atomic E-state index is -1.28. The van der Waals surface area contributed by atoms with Crippen molar-refractivity contribution in [3.8, 4) is 0 Å². The molecule has 0 N–H and O–H groups in total. The number of aliphatic carboxylic acids is 1. The molecule has 2 aliphatic heterocycles. The molecule has 2 saturated heterocycles. The van der Waals surface area contributed by atoms with Crippen LogP contribution in [0.2, 0.25) is 0 Å². The number of rotatable bonds is 2. The number of esters is 1. The molecule has 0 saturated carbocycles. The van der Waals surface area contributed by atoms with Crippen LogP contribution in [-0.4, -0.2) is 46.0 Å². The van der Waals surface area contributed by atoms with E-state index in [1.165, 1.54) is 23.8 Å². The van der Waals surface area contributed by atoms with Gasteiger partial charge in [-0.25, -0.2) is 4.79 Å². The van der Waals surface area contributed by atoms with Crippen LogP contribution < -0.4 is 5.11 Å². The molecule has 2 fully saturated rings. The van der Waals surface area contributed by atoms with Gasteiger partial charge in [-0.3, -0.25) is 4.79 Å². The van der Waals surface area contributed by atoms with E-state index in [4.69, 9.17) is 0 Å². The molecular weight excluding hydrogens is 258 g/mol. The molecule has 6 nitrogen and oxygen atoms in total. The Morgan fingerprint density at radius 1 is 1.50 bits per heavy atom. The lowest BCUT2D eigenvalue weighted by molar-refractivity contribution is -0.312. The average Bonchev–Trinajstić information content (AvgIpc) is 2.54. The summed E-state index contributed by atoms with van der Waals surface area (Å²) >= 11 is 1.33. The van der Waals surface area contributed by atoms with Crippen LogP contribution in [0.1, 0.15) is 13.8 Å². The van der Waals surface area contributed by atoms with Crippen LogP contribution in [0.3, 0.4) is 0 Å². The van der Waals surface area contributed by atoms with Gasteiger partial charge in [0.1, 0.15) is 5.37 Å². The number of carbonyl (C=O) groups excluding carboxylic acids is 3. The maximum atomic E-state index is 11.8. The van der Waals surface area contributed by atoms with E-state index in [9.17, 15) is 19.5 Å². The highest BCUT2D eigenvalue weighted by atomic mass is 32.2. The van der Waals surface area contributed by atoms with Crippen molar-refractivity contribution >= 4 is 29.6 Å². The first-order valence-electron chi connectivity index (χ1n) is 5.30. The van der Waals surface area contributed by atoms with Gasteiger partial charge < -0.3 is 19.5 Å². The Hall–Kier alpha value is -1.50. The summed E-state index contributed by atoms with van der Waals surface area (Å²) in [7, 11) is 1.22. The third kappa shape index (κ3) is 1.69. The minimum absolute atomic E-state index is 0.281. The predicted octanol–water partition coefficient (Wildman–Crippen LogP) is -1.10. The number of nitrogens with zero attached hydrogens (tertiary/aromatic N) is 1. The number of carboxylic acid groups (broad SMARTS) is 1. The Balaban J connectivity index is 2.30. The number of carboxylic acids is 1. The van der Waals surface area contributed by atoms with E-state index < -0.39 is 34.0 Å². The summed E-state index contributed by atoms with van der Waals surface area (Å²) in [5.41, 5.74) is 0.281. The van der Waals surface area contributed by atoms with Gasteiger partial charge in [0.15, 0.2) is 0 Å². The topological polar surface area (TPSA) is 86.7 Å². The predicted molar refractivity (Wildman–Crippen MR) is 61.2 cm³/mol. The molecule has 2 aliphatic rings. The molecule has 0 aromatic carbocycles. The zero-order chi connectivity index (χ0) is 13.7. The molecule has 0 aromatic heterocycles. The van der Waals surface area contributed by atoms with Crippen LogP contribution in [0.4, 0.5) is 0 Å².